The maximum atomic E-state index is 9.57. The number of hydrogen-bond donors (Lipinski definition) is 1. The van der Waals surface area contributed by atoms with Gasteiger partial charge >= 0.3 is 0 Å². The van der Waals surface area contributed by atoms with Crippen LogP contribution in [0.1, 0.15) is 0 Å². The Morgan fingerprint density at radius 2 is 1.95 bits per heavy atom. The fourth-order valence-electron chi connectivity index (χ4n) is 2.05. The molecule has 0 aliphatic rings. The Kier molecular flexibility index (Phi) is 2.65. The molecule has 1 N–H and O–H groups in total. The Bertz CT molecular complexity index is 915. The van der Waals surface area contributed by atoms with Crippen molar-refractivity contribution >= 4 is 16.3 Å². The minimum atomic E-state index is 0.214. The lowest BCUT2D eigenvalue weighted by Gasteiger charge is -1.97. The smallest absolute Gasteiger partial charge is 0.235 e. The number of phenols is 1. The number of hydrogen-bond acceptors (Lipinski definition) is 6. The monoisotopic (exact) mass is 295 g/mol. The fourth-order valence-corrected chi connectivity index (χ4v) is 2.88. The van der Waals surface area contributed by atoms with E-state index in [-0.39, 0.29) is 5.75 Å². The molecule has 0 fully saturated rings. The molecule has 0 aliphatic heterocycles. The summed E-state index contributed by atoms with van der Waals surface area (Å²) in [5.74, 6) is 0.867. The van der Waals surface area contributed by atoms with Crippen LogP contribution in [-0.2, 0) is 0 Å². The third-order valence-corrected chi connectivity index (χ3v) is 3.95. The number of rotatable bonds is 2. The van der Waals surface area contributed by atoms with Crippen molar-refractivity contribution in [1.29, 1.82) is 0 Å². The van der Waals surface area contributed by atoms with Crippen LogP contribution in [-0.4, -0.2) is 29.9 Å². The molecule has 0 saturated carbocycles. The Labute approximate surface area is 123 Å². The van der Waals surface area contributed by atoms with E-state index < -0.39 is 0 Å². The molecular formula is C14H9N5OS. The first-order chi connectivity index (χ1) is 10.3. The average Bonchev–Trinajstić information content (AvgIpc) is 3.08. The van der Waals surface area contributed by atoms with Crippen molar-refractivity contribution in [2.75, 3.05) is 0 Å². The number of aromatic nitrogens is 5. The van der Waals surface area contributed by atoms with Gasteiger partial charge in [0, 0.05) is 23.5 Å². The zero-order valence-corrected chi connectivity index (χ0v) is 11.5. The molecule has 102 valence electrons. The number of fused-ring (bicyclic) bond motifs is 1. The van der Waals surface area contributed by atoms with Gasteiger partial charge in [-0.15, -0.1) is 10.2 Å². The van der Waals surface area contributed by atoms with Gasteiger partial charge in [0.15, 0.2) is 5.82 Å². The summed E-state index contributed by atoms with van der Waals surface area (Å²) in [6, 6.07) is 10.8. The third-order valence-electron chi connectivity index (χ3n) is 3.00. The van der Waals surface area contributed by atoms with E-state index in [4.69, 9.17) is 0 Å². The number of nitrogens with zero attached hydrogens (tertiary/aromatic N) is 5. The van der Waals surface area contributed by atoms with Crippen LogP contribution in [0.2, 0.25) is 0 Å². The first kappa shape index (κ1) is 12.0. The molecular weight excluding hydrogens is 286 g/mol. The summed E-state index contributed by atoms with van der Waals surface area (Å²) >= 11 is 1.42. The highest BCUT2D eigenvalue weighted by molar-refractivity contribution is 7.19. The quantitative estimate of drug-likeness (QED) is 0.615. The summed E-state index contributed by atoms with van der Waals surface area (Å²) in [5.41, 5.74) is 1.71. The van der Waals surface area contributed by atoms with E-state index in [0.717, 1.165) is 16.1 Å². The summed E-state index contributed by atoms with van der Waals surface area (Å²) in [6.45, 7) is 0. The van der Waals surface area contributed by atoms with Crippen LogP contribution in [0, 0.1) is 0 Å². The van der Waals surface area contributed by atoms with Crippen molar-refractivity contribution in [2.45, 2.75) is 0 Å². The molecule has 0 spiro atoms. The summed E-state index contributed by atoms with van der Waals surface area (Å²) < 4.78 is 1.70. The highest BCUT2D eigenvalue weighted by Gasteiger charge is 2.14. The topological polar surface area (TPSA) is 76.2 Å². The predicted octanol–water partition coefficient (Wildman–Crippen LogP) is 2.62. The second-order valence-corrected chi connectivity index (χ2v) is 5.37. The van der Waals surface area contributed by atoms with Crippen LogP contribution < -0.4 is 0 Å². The number of pyridine rings is 1. The molecule has 0 bridgehead atoms. The third kappa shape index (κ3) is 2.03. The maximum Gasteiger partial charge on any atom is 0.235 e. The van der Waals surface area contributed by atoms with E-state index in [1.165, 1.54) is 11.3 Å². The van der Waals surface area contributed by atoms with E-state index >= 15 is 0 Å². The Balaban J connectivity index is 1.87. The maximum absolute atomic E-state index is 9.57. The summed E-state index contributed by atoms with van der Waals surface area (Å²) in [6.07, 6.45) is 3.44. The van der Waals surface area contributed by atoms with E-state index in [1.54, 1.807) is 35.1 Å². The zero-order valence-electron chi connectivity index (χ0n) is 10.7. The molecule has 1 aromatic carbocycles. The van der Waals surface area contributed by atoms with E-state index in [0.29, 0.717) is 10.8 Å². The van der Waals surface area contributed by atoms with Crippen molar-refractivity contribution in [3.05, 3.63) is 48.8 Å². The molecule has 0 radical (unpaired) electrons. The first-order valence-electron chi connectivity index (χ1n) is 6.23. The Morgan fingerprint density at radius 1 is 1.05 bits per heavy atom. The lowest BCUT2D eigenvalue weighted by atomic mass is 10.2. The molecule has 0 unspecified atom stereocenters. The van der Waals surface area contributed by atoms with E-state index in [2.05, 4.69) is 20.3 Å². The molecule has 3 aromatic heterocycles. The van der Waals surface area contributed by atoms with E-state index in [1.807, 2.05) is 18.2 Å². The summed E-state index contributed by atoms with van der Waals surface area (Å²) in [7, 11) is 0. The second-order valence-electron chi connectivity index (χ2n) is 4.42. The molecule has 4 rings (SSSR count). The van der Waals surface area contributed by atoms with Gasteiger partial charge < -0.3 is 5.11 Å². The van der Waals surface area contributed by atoms with Gasteiger partial charge in [-0.25, -0.2) is 0 Å². The lowest BCUT2D eigenvalue weighted by Crippen LogP contribution is -1.91. The van der Waals surface area contributed by atoms with Gasteiger partial charge in [-0.05, 0) is 24.3 Å². The van der Waals surface area contributed by atoms with Crippen molar-refractivity contribution in [3.63, 3.8) is 0 Å². The summed E-state index contributed by atoms with van der Waals surface area (Å²) in [5, 5.41) is 23.2. The standard InChI is InChI=1S/C14H9N5OS/c20-11-5-1-3-9(7-11)13-18-19-12(16-17-14(19)21-13)10-4-2-6-15-8-10/h1-8,20H. The van der Waals surface area contributed by atoms with Gasteiger partial charge in [-0.3, -0.25) is 4.98 Å². The van der Waals surface area contributed by atoms with Gasteiger partial charge in [0.25, 0.3) is 0 Å². The van der Waals surface area contributed by atoms with Crippen LogP contribution in [0.25, 0.3) is 26.9 Å². The van der Waals surface area contributed by atoms with Crippen molar-refractivity contribution in [2.24, 2.45) is 0 Å². The molecule has 0 amide bonds. The Hall–Kier alpha value is -2.80. The van der Waals surface area contributed by atoms with E-state index in [9.17, 15) is 5.11 Å². The van der Waals surface area contributed by atoms with Crippen LogP contribution in [0.15, 0.2) is 48.8 Å². The highest BCUT2D eigenvalue weighted by Crippen LogP contribution is 2.29. The molecule has 3 heterocycles. The minimum Gasteiger partial charge on any atom is -0.508 e. The Morgan fingerprint density at radius 3 is 2.76 bits per heavy atom. The molecule has 0 aliphatic carbocycles. The SMILES string of the molecule is Oc1cccc(-c2nn3c(-c4cccnc4)nnc3s2)c1. The largest absolute Gasteiger partial charge is 0.508 e. The van der Waals surface area contributed by atoms with Crippen LogP contribution in [0.3, 0.4) is 0 Å². The molecule has 4 aromatic rings. The molecule has 0 saturated heterocycles. The van der Waals surface area contributed by atoms with Crippen LogP contribution in [0.4, 0.5) is 0 Å². The summed E-state index contributed by atoms with van der Waals surface area (Å²) in [4.78, 5) is 4.79. The first-order valence-corrected chi connectivity index (χ1v) is 7.05. The second kappa shape index (κ2) is 4.64. The van der Waals surface area contributed by atoms with Gasteiger partial charge in [0.05, 0.1) is 0 Å². The zero-order chi connectivity index (χ0) is 14.2. The minimum absolute atomic E-state index is 0.214. The molecule has 0 atom stereocenters. The van der Waals surface area contributed by atoms with Crippen molar-refractivity contribution in [1.82, 2.24) is 24.8 Å². The number of aromatic hydroxyl groups is 1. The molecule has 7 heteroatoms. The average molecular weight is 295 g/mol. The van der Waals surface area contributed by atoms with Gasteiger partial charge in [-0.1, -0.05) is 23.5 Å². The van der Waals surface area contributed by atoms with Crippen molar-refractivity contribution in [3.8, 4) is 27.7 Å². The van der Waals surface area contributed by atoms with Crippen molar-refractivity contribution < 1.29 is 5.11 Å². The lowest BCUT2D eigenvalue weighted by molar-refractivity contribution is 0.475. The normalized spacial score (nSPS) is 11.0. The number of benzene rings is 1. The van der Waals surface area contributed by atoms with Gasteiger partial charge in [-0.2, -0.15) is 9.61 Å². The predicted molar refractivity (Wildman–Crippen MR) is 79.0 cm³/mol. The van der Waals surface area contributed by atoms with Gasteiger partial charge in [0.1, 0.15) is 10.8 Å². The van der Waals surface area contributed by atoms with Gasteiger partial charge in [0.2, 0.25) is 4.96 Å². The molecule has 6 nitrogen and oxygen atoms in total. The fraction of sp³-hybridized carbons (Fsp3) is 0. The highest BCUT2D eigenvalue weighted by atomic mass is 32.1. The number of phenolic OH excluding ortho intramolecular Hbond substituents is 1. The van der Waals surface area contributed by atoms with Crippen LogP contribution >= 0.6 is 11.3 Å². The van der Waals surface area contributed by atoms with Crippen LogP contribution in [0.5, 0.6) is 5.75 Å². The molecule has 21 heavy (non-hydrogen) atoms.